The summed E-state index contributed by atoms with van der Waals surface area (Å²) in [5.41, 5.74) is 3.38. The molecule has 24 heavy (non-hydrogen) atoms. The van der Waals surface area contributed by atoms with Crippen LogP contribution < -0.4 is 0 Å². The zero-order chi connectivity index (χ0) is 17.1. The fourth-order valence-corrected chi connectivity index (χ4v) is 3.36. The second-order valence-electron chi connectivity index (χ2n) is 5.27. The number of hydrogen-bond acceptors (Lipinski definition) is 3. The molecule has 5 heteroatoms. The lowest BCUT2D eigenvalue weighted by molar-refractivity contribution is -0.142. The summed E-state index contributed by atoms with van der Waals surface area (Å²) in [7, 11) is 0. The van der Waals surface area contributed by atoms with Gasteiger partial charge in [0, 0.05) is 15.4 Å². The highest BCUT2D eigenvalue weighted by molar-refractivity contribution is 9.10. The first-order valence-electron chi connectivity index (χ1n) is 7.59. The molecule has 0 bridgehead atoms. The van der Waals surface area contributed by atoms with Gasteiger partial charge < -0.3 is 4.74 Å². The molecule has 0 aliphatic heterocycles. The molecule has 3 rings (SSSR count). The van der Waals surface area contributed by atoms with E-state index in [0.29, 0.717) is 17.3 Å². The zero-order valence-corrected chi connectivity index (χ0v) is 15.4. The fourth-order valence-electron chi connectivity index (χ4n) is 2.71. The van der Waals surface area contributed by atoms with Crippen LogP contribution in [0.1, 0.15) is 12.5 Å². The molecular formula is C19H15BrClNO2. The van der Waals surface area contributed by atoms with Gasteiger partial charge in [0.25, 0.3) is 0 Å². The van der Waals surface area contributed by atoms with Crippen LogP contribution >= 0.6 is 27.5 Å². The minimum absolute atomic E-state index is 0.0896. The molecule has 1 aromatic heterocycles. The van der Waals surface area contributed by atoms with E-state index < -0.39 is 0 Å². The van der Waals surface area contributed by atoms with Crippen molar-refractivity contribution in [1.29, 1.82) is 0 Å². The van der Waals surface area contributed by atoms with Crippen LogP contribution in [0.2, 0.25) is 5.15 Å². The van der Waals surface area contributed by atoms with E-state index in [9.17, 15) is 4.79 Å². The maximum absolute atomic E-state index is 12.0. The molecule has 2 aromatic carbocycles. The summed E-state index contributed by atoms with van der Waals surface area (Å²) in [5.74, 6) is -0.312. The largest absolute Gasteiger partial charge is 0.466 e. The van der Waals surface area contributed by atoms with Crippen molar-refractivity contribution in [3.8, 4) is 11.1 Å². The van der Waals surface area contributed by atoms with Gasteiger partial charge in [-0.05, 0) is 36.2 Å². The third-order valence-electron chi connectivity index (χ3n) is 3.68. The number of rotatable bonds is 4. The van der Waals surface area contributed by atoms with Crippen molar-refractivity contribution in [3.05, 3.63) is 63.7 Å². The molecule has 0 atom stereocenters. The molecule has 3 nitrogen and oxygen atoms in total. The van der Waals surface area contributed by atoms with Crippen molar-refractivity contribution in [1.82, 2.24) is 4.98 Å². The van der Waals surface area contributed by atoms with Gasteiger partial charge in [-0.3, -0.25) is 4.79 Å². The third-order valence-corrected chi connectivity index (χ3v) is 4.49. The van der Waals surface area contributed by atoms with Gasteiger partial charge in [0.1, 0.15) is 5.15 Å². The van der Waals surface area contributed by atoms with Crippen molar-refractivity contribution >= 4 is 44.4 Å². The normalized spacial score (nSPS) is 10.8. The molecule has 0 spiro atoms. The molecular weight excluding hydrogens is 390 g/mol. The Kier molecular flexibility index (Phi) is 5.17. The molecule has 0 saturated heterocycles. The van der Waals surface area contributed by atoms with Crippen molar-refractivity contribution in [2.24, 2.45) is 0 Å². The van der Waals surface area contributed by atoms with Gasteiger partial charge >= 0.3 is 5.97 Å². The van der Waals surface area contributed by atoms with E-state index in [1.807, 2.05) is 48.5 Å². The Hall–Kier alpha value is -1.91. The number of hydrogen-bond donors (Lipinski definition) is 0. The average molecular weight is 405 g/mol. The second-order valence-corrected chi connectivity index (χ2v) is 6.54. The van der Waals surface area contributed by atoms with Crippen molar-refractivity contribution < 1.29 is 9.53 Å². The smallest absolute Gasteiger partial charge is 0.310 e. The highest BCUT2D eigenvalue weighted by Gasteiger charge is 2.18. The summed E-state index contributed by atoms with van der Waals surface area (Å²) in [5, 5.41) is 1.29. The summed E-state index contributed by atoms with van der Waals surface area (Å²) in [6, 6.07) is 15.7. The molecule has 122 valence electrons. The minimum atomic E-state index is -0.312. The highest BCUT2D eigenvalue weighted by Crippen LogP contribution is 2.36. The van der Waals surface area contributed by atoms with E-state index in [1.54, 1.807) is 6.92 Å². The quantitative estimate of drug-likeness (QED) is 0.430. The van der Waals surface area contributed by atoms with E-state index in [1.165, 1.54) is 0 Å². The van der Waals surface area contributed by atoms with Gasteiger partial charge in [-0.25, -0.2) is 4.98 Å². The number of ether oxygens (including phenoxy) is 1. The standard InChI is InChI=1S/C19H15BrClNO2/c1-2-24-17(23)11-15-18(12-6-5-7-13(20)10-12)14-8-3-4-9-16(14)22-19(15)21/h3-10H,2,11H2,1H3. The van der Waals surface area contributed by atoms with Crippen LogP contribution in [0.4, 0.5) is 0 Å². The number of halogens is 2. The number of esters is 1. The number of benzene rings is 2. The zero-order valence-electron chi connectivity index (χ0n) is 13.1. The predicted octanol–water partition coefficient (Wildman–Crippen LogP) is 5.42. The van der Waals surface area contributed by atoms with Gasteiger partial charge in [0.15, 0.2) is 0 Å². The lowest BCUT2D eigenvalue weighted by Gasteiger charge is -2.15. The van der Waals surface area contributed by atoms with Crippen molar-refractivity contribution in [2.75, 3.05) is 6.61 Å². The average Bonchev–Trinajstić information content (AvgIpc) is 2.55. The highest BCUT2D eigenvalue weighted by atomic mass is 79.9. The predicted molar refractivity (Wildman–Crippen MR) is 100 cm³/mol. The number of pyridine rings is 1. The van der Waals surface area contributed by atoms with E-state index >= 15 is 0 Å². The molecule has 0 radical (unpaired) electrons. The van der Waals surface area contributed by atoms with Crippen LogP contribution in [0, 0.1) is 0 Å². The van der Waals surface area contributed by atoms with Crippen LogP contribution in [-0.4, -0.2) is 17.6 Å². The second kappa shape index (κ2) is 7.32. The Bertz CT molecular complexity index is 911. The molecule has 0 fully saturated rings. The minimum Gasteiger partial charge on any atom is -0.466 e. The van der Waals surface area contributed by atoms with E-state index in [-0.39, 0.29) is 12.4 Å². The summed E-state index contributed by atoms with van der Waals surface area (Å²) in [6.45, 7) is 2.12. The van der Waals surface area contributed by atoms with Crippen LogP contribution in [0.5, 0.6) is 0 Å². The van der Waals surface area contributed by atoms with Gasteiger partial charge in [-0.15, -0.1) is 0 Å². The Morgan fingerprint density at radius 2 is 2.00 bits per heavy atom. The number of carbonyl (C=O) groups is 1. The summed E-state index contributed by atoms with van der Waals surface area (Å²) >= 11 is 9.91. The number of nitrogens with zero attached hydrogens (tertiary/aromatic N) is 1. The van der Waals surface area contributed by atoms with Crippen molar-refractivity contribution in [2.45, 2.75) is 13.3 Å². The van der Waals surface area contributed by atoms with Gasteiger partial charge in [0.2, 0.25) is 0 Å². The molecule has 0 N–H and O–H groups in total. The lowest BCUT2D eigenvalue weighted by atomic mass is 9.95. The van der Waals surface area contributed by atoms with Crippen LogP contribution in [0.25, 0.3) is 22.0 Å². The Balaban J connectivity index is 2.27. The molecule has 0 aliphatic rings. The van der Waals surface area contributed by atoms with Crippen LogP contribution in [0.3, 0.4) is 0 Å². The van der Waals surface area contributed by atoms with E-state index in [0.717, 1.165) is 26.5 Å². The van der Waals surface area contributed by atoms with E-state index in [4.69, 9.17) is 16.3 Å². The summed E-state index contributed by atoms with van der Waals surface area (Å²) in [6.07, 6.45) is 0.0896. The fraction of sp³-hybridized carbons (Fsp3) is 0.158. The Morgan fingerprint density at radius 1 is 1.21 bits per heavy atom. The molecule has 0 unspecified atom stereocenters. The summed E-state index contributed by atoms with van der Waals surface area (Å²) < 4.78 is 6.05. The van der Waals surface area contributed by atoms with Crippen LogP contribution in [-0.2, 0) is 16.0 Å². The molecule has 0 amide bonds. The lowest BCUT2D eigenvalue weighted by Crippen LogP contribution is -2.10. The van der Waals surface area contributed by atoms with Gasteiger partial charge in [-0.1, -0.05) is 57.9 Å². The first-order valence-corrected chi connectivity index (χ1v) is 8.76. The Morgan fingerprint density at radius 3 is 2.75 bits per heavy atom. The van der Waals surface area contributed by atoms with Crippen molar-refractivity contribution in [3.63, 3.8) is 0 Å². The number of fused-ring (bicyclic) bond motifs is 1. The van der Waals surface area contributed by atoms with Gasteiger partial charge in [-0.2, -0.15) is 0 Å². The summed E-state index contributed by atoms with van der Waals surface area (Å²) in [4.78, 5) is 16.5. The topological polar surface area (TPSA) is 39.2 Å². The molecule has 3 aromatic rings. The molecule has 0 aliphatic carbocycles. The third kappa shape index (κ3) is 3.45. The molecule has 0 saturated carbocycles. The first kappa shape index (κ1) is 16.9. The number of para-hydroxylation sites is 1. The van der Waals surface area contributed by atoms with Crippen LogP contribution in [0.15, 0.2) is 53.0 Å². The number of carbonyl (C=O) groups excluding carboxylic acids is 1. The maximum Gasteiger partial charge on any atom is 0.310 e. The van der Waals surface area contributed by atoms with E-state index in [2.05, 4.69) is 20.9 Å². The maximum atomic E-state index is 12.0. The SMILES string of the molecule is CCOC(=O)Cc1c(Cl)nc2ccccc2c1-c1cccc(Br)c1. The Labute approximate surface area is 153 Å². The molecule has 1 heterocycles. The monoisotopic (exact) mass is 403 g/mol. The number of aromatic nitrogens is 1. The first-order chi connectivity index (χ1) is 11.6. The van der Waals surface area contributed by atoms with Gasteiger partial charge in [0.05, 0.1) is 18.5 Å².